The Balaban J connectivity index is 0.00000351. The van der Waals surface area contributed by atoms with Crippen molar-refractivity contribution in [3.63, 3.8) is 0 Å². The minimum atomic E-state index is -0.0969. The Bertz CT molecular complexity index is 2180. The number of nitrogens with zero attached hydrogens (tertiary/aromatic N) is 3. The van der Waals surface area contributed by atoms with Crippen molar-refractivity contribution < 1.29 is 25.8 Å². The first-order chi connectivity index (χ1) is 22.4. The van der Waals surface area contributed by atoms with Gasteiger partial charge in [0.1, 0.15) is 0 Å². The Morgan fingerprint density at radius 3 is 2.21 bits per heavy atom. The van der Waals surface area contributed by atoms with Gasteiger partial charge in [0, 0.05) is 28.4 Å². The van der Waals surface area contributed by atoms with Crippen LogP contribution in [0.25, 0.3) is 27.5 Å². The maximum Gasteiger partial charge on any atom is 4.00 e. The molecule has 232 valence electrons. The minimum Gasteiger partial charge on any atom is -0.509 e. The van der Waals surface area contributed by atoms with Crippen molar-refractivity contribution >= 4 is 44.6 Å². The van der Waals surface area contributed by atoms with Gasteiger partial charge in [-0.1, -0.05) is 92.7 Å². The van der Waals surface area contributed by atoms with Crippen molar-refractivity contribution in [3.8, 4) is 17.2 Å². The van der Waals surface area contributed by atoms with Crippen LogP contribution in [0, 0.1) is 24.7 Å². The van der Waals surface area contributed by atoms with Crippen molar-refractivity contribution in [1.82, 2.24) is 4.57 Å². The van der Waals surface area contributed by atoms with Gasteiger partial charge in [-0.2, -0.15) is 30.3 Å². The Hall–Kier alpha value is -4.79. The Morgan fingerprint density at radius 1 is 0.681 bits per heavy atom. The molecule has 0 fully saturated rings. The predicted molar refractivity (Wildman–Crippen MR) is 189 cm³/mol. The average Bonchev–Trinajstić information content (AvgIpc) is 3.41. The maximum atomic E-state index is 6.64. The largest absolute Gasteiger partial charge is 4.00 e. The van der Waals surface area contributed by atoms with Crippen LogP contribution < -0.4 is 14.5 Å². The van der Waals surface area contributed by atoms with E-state index in [4.69, 9.17) is 4.74 Å². The van der Waals surface area contributed by atoms with Crippen molar-refractivity contribution in [2.45, 2.75) is 26.2 Å². The zero-order chi connectivity index (χ0) is 31.3. The molecule has 0 aliphatic carbocycles. The first kappa shape index (κ1) is 30.8. The van der Waals surface area contributed by atoms with E-state index in [-0.39, 0.29) is 26.5 Å². The fourth-order valence-corrected chi connectivity index (χ4v) is 6.30. The van der Waals surface area contributed by atoms with Crippen LogP contribution in [-0.4, -0.2) is 11.1 Å². The van der Waals surface area contributed by atoms with Crippen LogP contribution in [0.1, 0.15) is 26.3 Å². The molecule has 6 aromatic carbocycles. The molecule has 0 radical (unpaired) electrons. The smallest absolute Gasteiger partial charge is 0.509 e. The van der Waals surface area contributed by atoms with Crippen LogP contribution in [0.5, 0.6) is 11.5 Å². The van der Waals surface area contributed by atoms with E-state index in [0.29, 0.717) is 18.0 Å². The molecular weight excluding hydrogens is 758 g/mol. The number of aromatic nitrogens is 1. The quantitative estimate of drug-likeness (QED) is 0.162. The van der Waals surface area contributed by atoms with Crippen molar-refractivity contribution in [2.75, 3.05) is 16.3 Å². The van der Waals surface area contributed by atoms with E-state index in [1.165, 1.54) is 10.9 Å². The number of hydrogen-bond acceptors (Lipinski definition) is 3. The molecule has 1 aliphatic rings. The summed E-state index contributed by atoms with van der Waals surface area (Å²) in [5.41, 5.74) is 8.47. The minimum absolute atomic E-state index is 0. The van der Waals surface area contributed by atoms with Crippen molar-refractivity contribution in [2.24, 2.45) is 0 Å². The fourth-order valence-electron chi connectivity index (χ4n) is 6.30. The summed E-state index contributed by atoms with van der Waals surface area (Å²) >= 11 is 0. The molecule has 0 bridgehead atoms. The molecule has 0 atom stereocenters. The van der Waals surface area contributed by atoms with E-state index in [1.807, 2.05) is 24.3 Å². The summed E-state index contributed by atoms with van der Waals surface area (Å²) in [7, 11) is 0. The second-order valence-electron chi connectivity index (χ2n) is 12.6. The number of rotatable bonds is 5. The van der Waals surface area contributed by atoms with Gasteiger partial charge in [-0.15, -0.1) is 47.3 Å². The fraction of sp³-hybridized carbons (Fsp3) is 0.119. The molecule has 5 heteroatoms. The predicted octanol–water partition coefficient (Wildman–Crippen LogP) is 10.7. The normalized spacial score (nSPS) is 13.0. The first-order valence-corrected chi connectivity index (χ1v) is 15.7. The molecule has 0 N–H and O–H groups in total. The number of hydrogen-bond donors (Lipinski definition) is 0. The molecule has 0 saturated carbocycles. The van der Waals surface area contributed by atoms with Gasteiger partial charge in [0.15, 0.2) is 0 Å². The third-order valence-corrected chi connectivity index (χ3v) is 8.61. The van der Waals surface area contributed by atoms with Crippen molar-refractivity contribution in [1.29, 1.82) is 0 Å². The summed E-state index contributed by atoms with van der Waals surface area (Å²) in [5.74, 6) is 1.30. The van der Waals surface area contributed by atoms with E-state index in [0.717, 1.165) is 44.9 Å². The number of para-hydroxylation sites is 5. The summed E-state index contributed by atoms with van der Waals surface area (Å²) in [4.78, 5) is 4.58. The van der Waals surface area contributed by atoms with Crippen LogP contribution in [0.3, 0.4) is 0 Å². The molecule has 1 aromatic heterocycles. The zero-order valence-electron chi connectivity index (χ0n) is 26.5. The van der Waals surface area contributed by atoms with Gasteiger partial charge in [-0.3, -0.25) is 0 Å². The first-order valence-electron chi connectivity index (χ1n) is 15.7. The Kier molecular flexibility index (Phi) is 8.16. The molecule has 0 saturated heterocycles. The van der Waals surface area contributed by atoms with Crippen LogP contribution >= 0.6 is 0 Å². The third kappa shape index (κ3) is 5.72. The number of anilines is 4. The van der Waals surface area contributed by atoms with E-state index in [9.17, 15) is 0 Å². The molecule has 0 amide bonds. The average molecular weight is 791 g/mol. The van der Waals surface area contributed by atoms with Gasteiger partial charge in [0.25, 0.3) is 0 Å². The summed E-state index contributed by atoms with van der Waals surface area (Å²) in [5, 5.41) is 2.29. The second-order valence-corrected chi connectivity index (χ2v) is 12.6. The summed E-state index contributed by atoms with van der Waals surface area (Å²) < 4.78 is 8.84. The van der Waals surface area contributed by atoms with E-state index < -0.39 is 0 Å². The molecular formula is C42H33N3OPt. The van der Waals surface area contributed by atoms with E-state index >= 15 is 0 Å². The van der Waals surface area contributed by atoms with Crippen LogP contribution in [0.15, 0.2) is 127 Å². The second kappa shape index (κ2) is 12.4. The van der Waals surface area contributed by atoms with Gasteiger partial charge in [0.05, 0.1) is 5.69 Å². The molecule has 1 aliphatic heterocycles. The topological polar surface area (TPSA) is 20.6 Å². The molecule has 7 aromatic rings. The molecule has 0 spiro atoms. The SMILES string of the molecule is CC(C)(C)c1cc(Oc2[c-]c3c(cc2)c2ccccc2n3-c2[c-]cccc2)[c-]c(N2C[CH-]N(c3ccccc3)c3ccccc32)c1.[Pt+4]. The monoisotopic (exact) mass is 790 g/mol. The van der Waals surface area contributed by atoms with E-state index in [1.54, 1.807) is 0 Å². The molecule has 8 rings (SSSR count). The summed E-state index contributed by atoms with van der Waals surface area (Å²) in [6, 6.07) is 54.6. The van der Waals surface area contributed by atoms with Crippen LogP contribution in [-0.2, 0) is 26.5 Å². The van der Waals surface area contributed by atoms with E-state index in [2.05, 4.69) is 163 Å². The Morgan fingerprint density at radius 2 is 1.43 bits per heavy atom. The summed E-state index contributed by atoms with van der Waals surface area (Å²) in [6.45, 7) is 9.63. The van der Waals surface area contributed by atoms with Gasteiger partial charge < -0.3 is 19.1 Å². The van der Waals surface area contributed by atoms with Gasteiger partial charge in [-0.05, 0) is 41.1 Å². The maximum absolute atomic E-state index is 6.64. The van der Waals surface area contributed by atoms with Gasteiger partial charge in [0.2, 0.25) is 0 Å². The zero-order valence-corrected chi connectivity index (χ0v) is 28.7. The third-order valence-electron chi connectivity index (χ3n) is 8.61. The van der Waals surface area contributed by atoms with Crippen molar-refractivity contribution in [3.05, 3.63) is 158 Å². The van der Waals surface area contributed by atoms with Crippen LogP contribution in [0.4, 0.5) is 22.7 Å². The number of benzene rings is 6. The number of ether oxygens (including phenoxy) is 1. The van der Waals surface area contributed by atoms with Gasteiger partial charge >= 0.3 is 21.1 Å². The molecule has 47 heavy (non-hydrogen) atoms. The Labute approximate surface area is 291 Å². The number of fused-ring (bicyclic) bond motifs is 4. The standard InChI is InChI=1S/C42H33N3O.Pt/c1-42(2,3)30-26-33(44-25-24-43(31-14-6-4-7-15-31)39-20-12-13-21-40(39)44)28-35(27-30)46-34-22-23-37-36-18-10-11-19-38(36)45(41(37)29-34)32-16-8-5-9-17-32;/h4-16,18-24,26-27H,25H2,1-3H3;/q-4;+4. The molecule has 0 unspecified atom stereocenters. The molecule has 2 heterocycles. The van der Waals surface area contributed by atoms with Gasteiger partial charge in [-0.25, -0.2) is 6.54 Å². The molecule has 4 nitrogen and oxygen atoms in total. The van der Waals surface area contributed by atoms with Crippen LogP contribution in [0.2, 0.25) is 0 Å². The summed E-state index contributed by atoms with van der Waals surface area (Å²) in [6.07, 6.45) is 0.